The zero-order valence-corrected chi connectivity index (χ0v) is 13.2. The summed E-state index contributed by atoms with van der Waals surface area (Å²) >= 11 is 1.33. The number of nitrogens with one attached hydrogen (secondary N) is 1. The van der Waals surface area contributed by atoms with Crippen LogP contribution in [0.5, 0.6) is 0 Å². The summed E-state index contributed by atoms with van der Waals surface area (Å²) in [6.45, 7) is 1.60. The van der Waals surface area contributed by atoms with Gasteiger partial charge in [-0.05, 0) is 43.7 Å². The van der Waals surface area contributed by atoms with Crippen LogP contribution in [-0.2, 0) is 11.0 Å². The summed E-state index contributed by atoms with van der Waals surface area (Å²) in [4.78, 5) is 13.8. The first-order valence-corrected chi connectivity index (χ1v) is 8.56. The number of benzene rings is 1. The molecule has 1 N–H and O–H groups in total. The summed E-state index contributed by atoms with van der Waals surface area (Å²) < 4.78 is 38.7. The molecule has 7 heteroatoms. The summed E-state index contributed by atoms with van der Waals surface area (Å²) in [6, 6.07) is 3.57. The minimum Gasteiger partial charge on any atom is -0.370 e. The van der Waals surface area contributed by atoms with Gasteiger partial charge in [-0.1, -0.05) is 0 Å². The third-order valence-electron chi connectivity index (χ3n) is 3.57. The normalized spacial score (nSPS) is 15.7. The number of hydrogen-bond donors (Lipinski definition) is 1. The third kappa shape index (κ3) is 4.32. The number of thioether (sulfide) groups is 1. The Kier molecular flexibility index (Phi) is 5.61. The van der Waals surface area contributed by atoms with E-state index in [9.17, 15) is 18.0 Å². The van der Waals surface area contributed by atoms with Gasteiger partial charge in [-0.25, -0.2) is 0 Å². The summed E-state index contributed by atoms with van der Waals surface area (Å²) in [5.41, 5.74) is 0.172. The van der Waals surface area contributed by atoms with Gasteiger partial charge in [-0.15, -0.1) is 0 Å². The molecule has 1 aromatic rings. The van der Waals surface area contributed by atoms with E-state index in [4.69, 9.17) is 0 Å². The molecule has 0 atom stereocenters. The molecule has 0 aromatic heterocycles. The SMILES string of the molecule is CSCC(=O)Nc1cc(C(F)(F)F)ccc1N1CCCCC1. The van der Waals surface area contributed by atoms with Gasteiger partial charge in [0.15, 0.2) is 0 Å². The number of halogens is 3. The first kappa shape index (κ1) is 17.0. The second-order valence-corrected chi connectivity index (χ2v) is 6.12. The molecule has 1 fully saturated rings. The van der Waals surface area contributed by atoms with Crippen molar-refractivity contribution in [3.05, 3.63) is 23.8 Å². The lowest BCUT2D eigenvalue weighted by atomic mass is 10.1. The van der Waals surface area contributed by atoms with Crippen molar-refractivity contribution in [1.82, 2.24) is 0 Å². The lowest BCUT2D eigenvalue weighted by Gasteiger charge is -2.31. The lowest BCUT2D eigenvalue weighted by molar-refractivity contribution is -0.137. The first-order valence-electron chi connectivity index (χ1n) is 7.17. The standard InChI is InChI=1S/C15H19F3N2OS/c1-22-10-14(21)19-12-9-11(15(16,17)18)5-6-13(12)20-7-3-2-4-8-20/h5-6,9H,2-4,7-8,10H2,1H3,(H,19,21). The lowest BCUT2D eigenvalue weighted by Crippen LogP contribution is -2.30. The maximum absolute atomic E-state index is 12.9. The Morgan fingerprint density at radius 2 is 1.95 bits per heavy atom. The topological polar surface area (TPSA) is 32.3 Å². The summed E-state index contributed by atoms with van der Waals surface area (Å²) in [7, 11) is 0. The van der Waals surface area contributed by atoms with Gasteiger partial charge in [0.1, 0.15) is 0 Å². The molecule has 1 aromatic carbocycles. The highest BCUT2D eigenvalue weighted by Gasteiger charge is 2.31. The Balaban J connectivity index is 2.32. The van der Waals surface area contributed by atoms with Crippen LogP contribution in [0.1, 0.15) is 24.8 Å². The molecular weight excluding hydrogens is 313 g/mol. The van der Waals surface area contributed by atoms with Gasteiger partial charge in [0.05, 0.1) is 22.7 Å². The molecule has 1 heterocycles. The number of piperidine rings is 1. The van der Waals surface area contributed by atoms with Crippen LogP contribution in [0, 0.1) is 0 Å². The summed E-state index contributed by atoms with van der Waals surface area (Å²) in [5, 5.41) is 2.62. The van der Waals surface area contributed by atoms with E-state index in [1.54, 1.807) is 6.26 Å². The van der Waals surface area contributed by atoms with Crippen molar-refractivity contribution in [3.63, 3.8) is 0 Å². The number of carbonyl (C=O) groups excluding carboxylic acids is 1. The number of amides is 1. The van der Waals surface area contributed by atoms with Crippen molar-refractivity contribution in [3.8, 4) is 0 Å². The molecule has 1 amide bonds. The van der Waals surface area contributed by atoms with Crippen LogP contribution >= 0.6 is 11.8 Å². The molecule has 0 spiro atoms. The fourth-order valence-electron chi connectivity index (χ4n) is 2.54. The largest absolute Gasteiger partial charge is 0.416 e. The van der Waals surface area contributed by atoms with Crippen molar-refractivity contribution in [2.75, 3.05) is 35.3 Å². The molecular formula is C15H19F3N2OS. The second kappa shape index (κ2) is 7.26. The van der Waals surface area contributed by atoms with Gasteiger partial charge in [-0.3, -0.25) is 4.79 Å². The molecule has 1 aliphatic rings. The molecule has 1 aliphatic heterocycles. The van der Waals surface area contributed by atoms with Crippen molar-refractivity contribution >= 4 is 29.0 Å². The van der Waals surface area contributed by atoms with E-state index in [0.717, 1.165) is 44.5 Å². The Labute approximate surface area is 132 Å². The van der Waals surface area contributed by atoms with Crippen molar-refractivity contribution < 1.29 is 18.0 Å². The zero-order valence-electron chi connectivity index (χ0n) is 12.4. The number of hydrogen-bond acceptors (Lipinski definition) is 3. The van der Waals surface area contributed by atoms with Crippen molar-refractivity contribution in [1.29, 1.82) is 0 Å². The first-order chi connectivity index (χ1) is 10.4. The van der Waals surface area contributed by atoms with E-state index < -0.39 is 11.7 Å². The van der Waals surface area contributed by atoms with E-state index in [0.29, 0.717) is 5.69 Å². The number of carbonyl (C=O) groups is 1. The van der Waals surface area contributed by atoms with Crippen molar-refractivity contribution in [2.24, 2.45) is 0 Å². The van der Waals surface area contributed by atoms with Crippen LogP contribution in [0.4, 0.5) is 24.5 Å². The molecule has 0 radical (unpaired) electrons. The van der Waals surface area contributed by atoms with Gasteiger partial charge in [0.2, 0.25) is 5.91 Å². The zero-order chi connectivity index (χ0) is 16.2. The quantitative estimate of drug-likeness (QED) is 0.904. The highest BCUT2D eigenvalue weighted by atomic mass is 32.2. The maximum atomic E-state index is 12.9. The van der Waals surface area contributed by atoms with E-state index in [-0.39, 0.29) is 17.3 Å². The van der Waals surface area contributed by atoms with Crippen LogP contribution < -0.4 is 10.2 Å². The summed E-state index contributed by atoms with van der Waals surface area (Å²) in [5.74, 6) is -0.0690. The number of rotatable bonds is 4. The molecule has 2 rings (SSSR count). The predicted octanol–water partition coefficient (Wildman–Crippen LogP) is 4.00. The molecule has 0 unspecified atom stereocenters. The average Bonchev–Trinajstić information content (AvgIpc) is 2.47. The van der Waals surface area contributed by atoms with Crippen LogP contribution in [0.3, 0.4) is 0 Å². The molecule has 0 aliphatic carbocycles. The van der Waals surface area contributed by atoms with Crippen LogP contribution in [0.2, 0.25) is 0 Å². The van der Waals surface area contributed by atoms with Crippen LogP contribution in [0.25, 0.3) is 0 Å². The summed E-state index contributed by atoms with van der Waals surface area (Å²) in [6.07, 6.45) is 0.514. The van der Waals surface area contributed by atoms with E-state index >= 15 is 0 Å². The Morgan fingerprint density at radius 3 is 2.55 bits per heavy atom. The number of alkyl halides is 3. The monoisotopic (exact) mass is 332 g/mol. The van der Waals surface area contributed by atoms with Gasteiger partial charge < -0.3 is 10.2 Å². The molecule has 122 valence electrons. The van der Waals surface area contributed by atoms with Gasteiger partial charge in [0, 0.05) is 13.1 Å². The van der Waals surface area contributed by atoms with Crippen LogP contribution in [-0.4, -0.2) is 31.0 Å². The smallest absolute Gasteiger partial charge is 0.370 e. The second-order valence-electron chi connectivity index (χ2n) is 5.26. The Hall–Kier alpha value is -1.37. The predicted molar refractivity (Wildman–Crippen MR) is 84.5 cm³/mol. The van der Waals surface area contributed by atoms with Crippen molar-refractivity contribution in [2.45, 2.75) is 25.4 Å². The van der Waals surface area contributed by atoms with Gasteiger partial charge in [0.25, 0.3) is 0 Å². The minimum atomic E-state index is -4.42. The number of nitrogens with zero attached hydrogens (tertiary/aromatic N) is 1. The highest BCUT2D eigenvalue weighted by Crippen LogP contribution is 2.36. The Bertz CT molecular complexity index is 528. The fourth-order valence-corrected chi connectivity index (χ4v) is 2.87. The molecule has 3 nitrogen and oxygen atoms in total. The molecule has 0 bridgehead atoms. The Morgan fingerprint density at radius 1 is 1.27 bits per heavy atom. The average molecular weight is 332 g/mol. The van der Waals surface area contributed by atoms with Gasteiger partial charge in [-0.2, -0.15) is 24.9 Å². The molecule has 0 saturated carbocycles. The van der Waals surface area contributed by atoms with Crippen LogP contribution in [0.15, 0.2) is 18.2 Å². The van der Waals surface area contributed by atoms with E-state index in [2.05, 4.69) is 5.32 Å². The van der Waals surface area contributed by atoms with Gasteiger partial charge >= 0.3 is 6.18 Å². The third-order valence-corrected chi connectivity index (χ3v) is 4.12. The maximum Gasteiger partial charge on any atom is 0.416 e. The highest BCUT2D eigenvalue weighted by molar-refractivity contribution is 7.99. The molecule has 22 heavy (non-hydrogen) atoms. The van der Waals surface area contributed by atoms with E-state index in [1.165, 1.54) is 17.8 Å². The number of anilines is 2. The van der Waals surface area contributed by atoms with E-state index in [1.807, 2.05) is 4.90 Å². The minimum absolute atomic E-state index is 0.218. The molecule has 1 saturated heterocycles. The fraction of sp³-hybridized carbons (Fsp3) is 0.533.